The first-order chi connectivity index (χ1) is 6.91. The van der Waals surface area contributed by atoms with E-state index in [1.807, 2.05) is 0 Å². The van der Waals surface area contributed by atoms with Gasteiger partial charge in [-0.15, -0.1) is 37.2 Å². The lowest BCUT2D eigenvalue weighted by atomic mass is 10.3. The van der Waals surface area contributed by atoms with Crippen molar-refractivity contribution in [3.63, 3.8) is 0 Å². The molecule has 17 heavy (non-hydrogen) atoms. The predicted octanol–water partition coefficient (Wildman–Crippen LogP) is 0.909. The SMILES string of the molecule is Cl.Cl.Cl.NCCCNCCCCNCCCN. The van der Waals surface area contributed by atoms with Gasteiger partial charge in [-0.3, -0.25) is 0 Å². The maximum Gasteiger partial charge on any atom is -0.00369 e. The molecule has 0 radical (unpaired) electrons. The second-order valence-electron chi connectivity index (χ2n) is 3.49. The summed E-state index contributed by atoms with van der Waals surface area (Å²) in [6.45, 7) is 5.90. The zero-order chi connectivity index (χ0) is 10.5. The van der Waals surface area contributed by atoms with E-state index in [2.05, 4.69) is 10.6 Å². The minimum atomic E-state index is 0. The van der Waals surface area contributed by atoms with Crippen molar-refractivity contribution in [3.05, 3.63) is 0 Å². The lowest BCUT2D eigenvalue weighted by molar-refractivity contribution is 0.570. The Morgan fingerprint density at radius 3 is 1.12 bits per heavy atom. The Bertz CT molecular complexity index is 97.6. The Labute approximate surface area is 124 Å². The molecule has 0 aromatic carbocycles. The van der Waals surface area contributed by atoms with Crippen LogP contribution in [0.5, 0.6) is 0 Å². The molecule has 110 valence electrons. The molecule has 0 aromatic rings. The second kappa shape index (κ2) is 25.5. The van der Waals surface area contributed by atoms with E-state index >= 15 is 0 Å². The normalized spacial score (nSPS) is 8.82. The largest absolute Gasteiger partial charge is 0.330 e. The molecule has 0 amide bonds. The van der Waals surface area contributed by atoms with Crippen molar-refractivity contribution in [2.24, 2.45) is 11.5 Å². The molecule has 0 aliphatic carbocycles. The van der Waals surface area contributed by atoms with Crippen LogP contribution in [0.25, 0.3) is 0 Å². The van der Waals surface area contributed by atoms with Gasteiger partial charge in [0.25, 0.3) is 0 Å². The van der Waals surface area contributed by atoms with Crippen LogP contribution < -0.4 is 22.1 Å². The van der Waals surface area contributed by atoms with Gasteiger partial charge >= 0.3 is 0 Å². The number of rotatable bonds is 11. The molecule has 0 unspecified atom stereocenters. The average molecular weight is 312 g/mol. The number of hydrogen-bond donors (Lipinski definition) is 4. The van der Waals surface area contributed by atoms with Crippen LogP contribution in [0.15, 0.2) is 0 Å². The van der Waals surface area contributed by atoms with Gasteiger partial charge in [-0.25, -0.2) is 0 Å². The highest BCUT2D eigenvalue weighted by Gasteiger charge is 1.89. The van der Waals surface area contributed by atoms with Crippen molar-refractivity contribution in [2.75, 3.05) is 39.3 Å². The molecule has 0 bridgehead atoms. The first-order valence-corrected chi connectivity index (χ1v) is 5.73. The summed E-state index contributed by atoms with van der Waals surface area (Å²) in [5.74, 6) is 0. The average Bonchev–Trinajstić information content (AvgIpc) is 2.21. The van der Waals surface area contributed by atoms with Crippen molar-refractivity contribution in [1.82, 2.24) is 10.6 Å². The molecule has 0 spiro atoms. The van der Waals surface area contributed by atoms with Crippen LogP contribution >= 0.6 is 37.2 Å². The fraction of sp³-hybridized carbons (Fsp3) is 1.00. The van der Waals surface area contributed by atoms with Crippen LogP contribution in [0.1, 0.15) is 25.7 Å². The minimum Gasteiger partial charge on any atom is -0.330 e. The third-order valence-corrected chi connectivity index (χ3v) is 2.07. The summed E-state index contributed by atoms with van der Waals surface area (Å²) >= 11 is 0. The zero-order valence-corrected chi connectivity index (χ0v) is 12.9. The van der Waals surface area contributed by atoms with E-state index in [1.165, 1.54) is 12.8 Å². The molecule has 0 aromatic heterocycles. The summed E-state index contributed by atoms with van der Waals surface area (Å²) in [7, 11) is 0. The van der Waals surface area contributed by atoms with Gasteiger partial charge in [0.15, 0.2) is 0 Å². The molecule has 0 heterocycles. The van der Waals surface area contributed by atoms with E-state index < -0.39 is 0 Å². The van der Waals surface area contributed by atoms with E-state index in [0.717, 1.165) is 52.1 Å². The maximum absolute atomic E-state index is 5.38. The van der Waals surface area contributed by atoms with Crippen molar-refractivity contribution in [2.45, 2.75) is 25.7 Å². The number of nitrogens with two attached hydrogens (primary N) is 2. The third kappa shape index (κ3) is 26.4. The van der Waals surface area contributed by atoms with E-state index in [1.54, 1.807) is 0 Å². The Morgan fingerprint density at radius 2 is 0.824 bits per heavy atom. The third-order valence-electron chi connectivity index (χ3n) is 2.07. The molecular weight excluding hydrogens is 282 g/mol. The zero-order valence-electron chi connectivity index (χ0n) is 10.5. The quantitative estimate of drug-likeness (QED) is 0.428. The first-order valence-electron chi connectivity index (χ1n) is 5.73. The summed E-state index contributed by atoms with van der Waals surface area (Å²) in [5.41, 5.74) is 10.8. The lowest BCUT2D eigenvalue weighted by Gasteiger charge is -2.04. The molecule has 0 saturated carbocycles. The van der Waals surface area contributed by atoms with Gasteiger partial charge in [0.2, 0.25) is 0 Å². The number of halogens is 3. The molecule has 6 N–H and O–H groups in total. The van der Waals surface area contributed by atoms with Gasteiger partial charge in [-0.1, -0.05) is 0 Å². The van der Waals surface area contributed by atoms with Gasteiger partial charge in [0, 0.05) is 0 Å². The molecule has 7 heteroatoms. The number of unbranched alkanes of at least 4 members (excludes halogenated alkanes) is 1. The van der Waals surface area contributed by atoms with Crippen molar-refractivity contribution < 1.29 is 0 Å². The van der Waals surface area contributed by atoms with Crippen LogP contribution in [0, 0.1) is 0 Å². The van der Waals surface area contributed by atoms with Crippen molar-refractivity contribution in [3.8, 4) is 0 Å². The molecular formula is C10H29Cl3N4. The highest BCUT2D eigenvalue weighted by atomic mass is 35.5. The molecule has 0 fully saturated rings. The highest BCUT2D eigenvalue weighted by molar-refractivity contribution is 5.86. The van der Waals surface area contributed by atoms with Crippen LogP contribution in [0.2, 0.25) is 0 Å². The Hall–Kier alpha value is 0.710. The predicted molar refractivity (Wildman–Crippen MR) is 84.1 cm³/mol. The topological polar surface area (TPSA) is 76.1 Å². The highest BCUT2D eigenvalue weighted by Crippen LogP contribution is 1.84. The van der Waals surface area contributed by atoms with Gasteiger partial charge in [0.05, 0.1) is 0 Å². The summed E-state index contributed by atoms with van der Waals surface area (Å²) in [6.07, 6.45) is 4.63. The lowest BCUT2D eigenvalue weighted by Crippen LogP contribution is -2.22. The smallest absolute Gasteiger partial charge is 0.00369 e. The Morgan fingerprint density at radius 1 is 0.529 bits per heavy atom. The molecule has 0 aliphatic rings. The van der Waals surface area contributed by atoms with Crippen molar-refractivity contribution >= 4 is 37.2 Å². The second-order valence-corrected chi connectivity index (χ2v) is 3.49. The summed E-state index contributed by atoms with van der Waals surface area (Å²) in [6, 6.07) is 0. The van der Waals surface area contributed by atoms with Gasteiger partial charge in [0.1, 0.15) is 0 Å². The fourth-order valence-corrected chi connectivity index (χ4v) is 1.20. The fourth-order valence-electron chi connectivity index (χ4n) is 1.20. The minimum absolute atomic E-state index is 0. The number of hydrogen-bond acceptors (Lipinski definition) is 4. The standard InChI is InChI=1S/C10H26N4.3ClH/c11-5-3-9-13-7-1-2-8-14-10-4-6-12;;;/h13-14H,1-12H2;3*1H. The van der Waals surface area contributed by atoms with Crippen LogP contribution in [-0.2, 0) is 0 Å². The molecule has 0 aliphatic heterocycles. The summed E-state index contributed by atoms with van der Waals surface area (Å²) in [5, 5.41) is 6.72. The van der Waals surface area contributed by atoms with Crippen LogP contribution in [-0.4, -0.2) is 39.3 Å². The monoisotopic (exact) mass is 310 g/mol. The first kappa shape index (κ1) is 26.3. The van der Waals surface area contributed by atoms with E-state index in [-0.39, 0.29) is 37.2 Å². The van der Waals surface area contributed by atoms with Crippen molar-refractivity contribution in [1.29, 1.82) is 0 Å². The Balaban J connectivity index is -0.000000282. The maximum atomic E-state index is 5.38. The summed E-state index contributed by atoms with van der Waals surface area (Å²) < 4.78 is 0. The molecule has 4 nitrogen and oxygen atoms in total. The van der Waals surface area contributed by atoms with Gasteiger partial charge < -0.3 is 22.1 Å². The molecule has 0 rings (SSSR count). The van der Waals surface area contributed by atoms with E-state index in [4.69, 9.17) is 11.5 Å². The number of nitrogens with one attached hydrogen (secondary N) is 2. The summed E-state index contributed by atoms with van der Waals surface area (Å²) in [4.78, 5) is 0. The Kier molecular flexibility index (Phi) is 39.5. The van der Waals surface area contributed by atoms with Gasteiger partial charge in [-0.2, -0.15) is 0 Å². The molecule has 0 saturated heterocycles. The van der Waals surface area contributed by atoms with E-state index in [0.29, 0.717) is 0 Å². The molecule has 0 atom stereocenters. The van der Waals surface area contributed by atoms with Gasteiger partial charge in [-0.05, 0) is 65.0 Å². The van der Waals surface area contributed by atoms with E-state index in [9.17, 15) is 0 Å². The van der Waals surface area contributed by atoms with Crippen LogP contribution in [0.3, 0.4) is 0 Å². The van der Waals surface area contributed by atoms with Crippen LogP contribution in [0.4, 0.5) is 0 Å².